The zero-order valence-electron chi connectivity index (χ0n) is 8.62. The summed E-state index contributed by atoms with van der Waals surface area (Å²) in [5.41, 5.74) is 0. The molecule has 14 heavy (non-hydrogen) atoms. The zero-order valence-corrected chi connectivity index (χ0v) is 10.3. The summed E-state index contributed by atoms with van der Waals surface area (Å²) in [6.45, 7) is 4.22. The molecule has 0 aliphatic carbocycles. The van der Waals surface area contributed by atoms with Crippen molar-refractivity contribution >= 4 is 27.4 Å². The maximum atomic E-state index is 11.0. The molecule has 0 heterocycles. The number of nitrogens with one attached hydrogen (secondary N) is 3. The summed E-state index contributed by atoms with van der Waals surface area (Å²) in [5, 5.41) is 6.24. The molecule has 0 radical (unpaired) electrons. The largest absolute Gasteiger partial charge is 0.362 e. The van der Waals surface area contributed by atoms with E-state index >= 15 is 0 Å². The smallest absolute Gasteiger partial charge is 0.213 e. The van der Waals surface area contributed by atoms with Crippen LogP contribution >= 0.6 is 12.2 Å². The van der Waals surface area contributed by atoms with Gasteiger partial charge in [0, 0.05) is 12.6 Å². The van der Waals surface area contributed by atoms with E-state index in [0.717, 1.165) is 0 Å². The molecule has 0 amide bonds. The molecule has 0 aromatic rings. The third-order valence-corrected chi connectivity index (χ3v) is 3.01. The molecule has 0 saturated heterocycles. The molecule has 0 unspecified atom stereocenters. The van der Waals surface area contributed by atoms with E-state index in [2.05, 4.69) is 15.4 Å². The predicted molar refractivity (Wildman–Crippen MR) is 61.7 cm³/mol. The van der Waals surface area contributed by atoms with Crippen LogP contribution in [0, 0.1) is 0 Å². The number of rotatable bonds is 5. The first kappa shape index (κ1) is 13.6. The van der Waals surface area contributed by atoms with E-state index in [1.165, 1.54) is 7.05 Å². The molecule has 0 saturated carbocycles. The van der Waals surface area contributed by atoms with Gasteiger partial charge in [0.15, 0.2) is 5.11 Å². The van der Waals surface area contributed by atoms with Crippen molar-refractivity contribution in [2.75, 3.05) is 19.3 Å². The molecule has 3 N–H and O–H groups in total. The minimum absolute atomic E-state index is 0.0173. The fourth-order valence-electron chi connectivity index (χ4n) is 0.714. The van der Waals surface area contributed by atoms with E-state index in [9.17, 15) is 8.42 Å². The van der Waals surface area contributed by atoms with Crippen LogP contribution in [-0.2, 0) is 10.0 Å². The van der Waals surface area contributed by atoms with Crippen LogP contribution in [0.5, 0.6) is 0 Å². The minimum Gasteiger partial charge on any atom is -0.362 e. The highest BCUT2D eigenvalue weighted by molar-refractivity contribution is 7.89. The van der Waals surface area contributed by atoms with Gasteiger partial charge in [0.2, 0.25) is 10.0 Å². The Morgan fingerprint density at radius 3 is 2.43 bits per heavy atom. The molecule has 84 valence electrons. The normalized spacial score (nSPS) is 11.4. The van der Waals surface area contributed by atoms with Crippen LogP contribution < -0.4 is 15.4 Å². The van der Waals surface area contributed by atoms with Gasteiger partial charge in [0.1, 0.15) is 0 Å². The van der Waals surface area contributed by atoms with E-state index in [-0.39, 0.29) is 11.8 Å². The molecule has 0 aromatic carbocycles. The molecule has 5 nitrogen and oxygen atoms in total. The van der Waals surface area contributed by atoms with Gasteiger partial charge in [-0.2, -0.15) is 0 Å². The average Bonchev–Trinajstić information content (AvgIpc) is 2.02. The highest BCUT2D eigenvalue weighted by atomic mass is 32.2. The van der Waals surface area contributed by atoms with Crippen molar-refractivity contribution in [2.45, 2.75) is 19.9 Å². The Morgan fingerprint density at radius 1 is 1.43 bits per heavy atom. The third kappa shape index (κ3) is 7.05. The number of thiocarbonyl (C=S) groups is 1. The summed E-state index contributed by atoms with van der Waals surface area (Å²) in [5.74, 6) is 0.0173. The molecule has 7 heteroatoms. The third-order valence-electron chi connectivity index (χ3n) is 1.39. The van der Waals surface area contributed by atoms with Gasteiger partial charge in [-0.25, -0.2) is 13.1 Å². The predicted octanol–water partition coefficient (Wildman–Crippen LogP) is -0.592. The quantitative estimate of drug-likeness (QED) is 0.559. The van der Waals surface area contributed by atoms with Crippen LogP contribution in [0.2, 0.25) is 0 Å². The molecule has 0 rings (SSSR count). The maximum Gasteiger partial charge on any atom is 0.213 e. The van der Waals surface area contributed by atoms with Gasteiger partial charge in [-0.3, -0.25) is 0 Å². The van der Waals surface area contributed by atoms with Crippen LogP contribution in [0.25, 0.3) is 0 Å². The number of hydrogen-bond donors (Lipinski definition) is 3. The topological polar surface area (TPSA) is 70.2 Å². The molecule has 0 aromatic heterocycles. The first-order valence-electron chi connectivity index (χ1n) is 4.33. The number of sulfonamides is 1. The highest BCUT2D eigenvalue weighted by Gasteiger charge is 2.06. The standard InChI is InChI=1S/C7H17N3O2S2/c1-6(2)10-7(13)9-4-5-14(11,12)8-3/h6,8H,4-5H2,1-3H3,(H2,9,10,13). The lowest BCUT2D eigenvalue weighted by molar-refractivity contribution is 0.586. The van der Waals surface area contributed by atoms with Crippen molar-refractivity contribution in [1.82, 2.24) is 15.4 Å². The SMILES string of the molecule is CNS(=O)(=O)CCNC(=S)NC(C)C. The van der Waals surface area contributed by atoms with Gasteiger partial charge in [0.25, 0.3) is 0 Å². The fourth-order valence-corrected chi connectivity index (χ4v) is 1.63. The Morgan fingerprint density at radius 2 is 2.00 bits per heavy atom. The van der Waals surface area contributed by atoms with Crippen LogP contribution in [-0.4, -0.2) is 38.9 Å². The first-order valence-corrected chi connectivity index (χ1v) is 6.39. The lowest BCUT2D eigenvalue weighted by Crippen LogP contribution is -2.41. The summed E-state index contributed by atoms with van der Waals surface area (Å²) >= 11 is 4.92. The molecule has 0 aliphatic rings. The summed E-state index contributed by atoms with van der Waals surface area (Å²) in [6, 6.07) is 0.246. The van der Waals surface area contributed by atoms with Crippen LogP contribution in [0.1, 0.15) is 13.8 Å². The first-order chi connectivity index (χ1) is 6.37. The van der Waals surface area contributed by atoms with Gasteiger partial charge in [0.05, 0.1) is 5.75 Å². The molecular weight excluding hydrogens is 222 g/mol. The van der Waals surface area contributed by atoms with Gasteiger partial charge < -0.3 is 10.6 Å². The van der Waals surface area contributed by atoms with E-state index < -0.39 is 10.0 Å². The Hall–Kier alpha value is -0.400. The van der Waals surface area contributed by atoms with Gasteiger partial charge >= 0.3 is 0 Å². The molecule has 0 spiro atoms. The zero-order chi connectivity index (χ0) is 11.2. The maximum absolute atomic E-state index is 11.0. The monoisotopic (exact) mass is 239 g/mol. The molecular formula is C7H17N3O2S2. The second-order valence-corrected chi connectivity index (χ2v) is 5.53. The second-order valence-electron chi connectivity index (χ2n) is 3.08. The molecule has 0 fully saturated rings. The fraction of sp³-hybridized carbons (Fsp3) is 0.857. The van der Waals surface area contributed by atoms with Crippen LogP contribution in [0.15, 0.2) is 0 Å². The van der Waals surface area contributed by atoms with Gasteiger partial charge in [-0.1, -0.05) is 0 Å². The van der Waals surface area contributed by atoms with Gasteiger partial charge in [-0.15, -0.1) is 0 Å². The van der Waals surface area contributed by atoms with E-state index in [1.807, 2.05) is 13.8 Å². The van der Waals surface area contributed by atoms with E-state index in [0.29, 0.717) is 11.7 Å². The summed E-state index contributed by atoms with van der Waals surface area (Å²) in [4.78, 5) is 0. The molecule has 0 aliphatic heterocycles. The van der Waals surface area contributed by atoms with E-state index in [4.69, 9.17) is 12.2 Å². The second kappa shape index (κ2) is 6.15. The Labute approximate surface area is 90.7 Å². The molecule has 0 bridgehead atoms. The lowest BCUT2D eigenvalue weighted by Gasteiger charge is -2.12. The average molecular weight is 239 g/mol. The minimum atomic E-state index is -3.14. The van der Waals surface area contributed by atoms with Crippen LogP contribution in [0.3, 0.4) is 0 Å². The number of hydrogen-bond acceptors (Lipinski definition) is 3. The Balaban J connectivity index is 3.70. The van der Waals surface area contributed by atoms with Crippen molar-refractivity contribution in [2.24, 2.45) is 0 Å². The molecule has 0 atom stereocenters. The van der Waals surface area contributed by atoms with Gasteiger partial charge in [-0.05, 0) is 33.1 Å². The summed E-state index contributed by atoms with van der Waals surface area (Å²) in [6.07, 6.45) is 0. The lowest BCUT2D eigenvalue weighted by atomic mass is 10.4. The Bertz CT molecular complexity index is 275. The highest BCUT2D eigenvalue weighted by Crippen LogP contribution is 1.81. The van der Waals surface area contributed by atoms with Crippen molar-refractivity contribution < 1.29 is 8.42 Å². The van der Waals surface area contributed by atoms with E-state index in [1.54, 1.807) is 0 Å². The van der Waals surface area contributed by atoms with Crippen molar-refractivity contribution in [3.8, 4) is 0 Å². The van der Waals surface area contributed by atoms with Crippen LogP contribution in [0.4, 0.5) is 0 Å². The van der Waals surface area contributed by atoms with Crippen molar-refractivity contribution in [3.05, 3.63) is 0 Å². The van der Waals surface area contributed by atoms with Crippen molar-refractivity contribution in [3.63, 3.8) is 0 Å². The van der Waals surface area contributed by atoms with Crippen molar-refractivity contribution in [1.29, 1.82) is 0 Å². The Kier molecular flexibility index (Phi) is 5.98. The summed E-state index contributed by atoms with van der Waals surface area (Å²) in [7, 11) is -1.75. The summed E-state index contributed by atoms with van der Waals surface area (Å²) < 4.78 is 24.2.